The number of imidazole rings is 1. The lowest BCUT2D eigenvalue weighted by Crippen LogP contribution is -2.14. The maximum atomic E-state index is 13.4. The van der Waals surface area contributed by atoms with Crippen molar-refractivity contribution in [1.82, 2.24) is 9.55 Å². The number of aromatic amines is 1. The normalized spacial score (nSPS) is 13.4. The molecule has 0 fully saturated rings. The number of H-pyrrole nitrogens is 1. The van der Waals surface area contributed by atoms with Gasteiger partial charge in [0.2, 0.25) is 0 Å². The molecule has 5 heteroatoms. The summed E-state index contributed by atoms with van der Waals surface area (Å²) in [4.78, 5) is 3.04. The molecule has 0 amide bonds. The Labute approximate surface area is 116 Å². The minimum Gasteiger partial charge on any atom is -0.330 e. The lowest BCUT2D eigenvalue weighted by molar-refractivity contribution is 0.370. The van der Waals surface area contributed by atoms with Crippen molar-refractivity contribution in [2.24, 2.45) is 5.92 Å². The molecule has 0 aliphatic rings. The van der Waals surface area contributed by atoms with Crippen molar-refractivity contribution < 1.29 is 4.39 Å². The van der Waals surface area contributed by atoms with E-state index in [1.807, 2.05) is 4.57 Å². The Morgan fingerprint density at radius 3 is 2.67 bits per heavy atom. The molecule has 1 aromatic heterocycles. The Balaban J connectivity index is 2.74. The minimum atomic E-state index is -0.426. The van der Waals surface area contributed by atoms with Crippen LogP contribution in [-0.2, 0) is 0 Å². The van der Waals surface area contributed by atoms with Gasteiger partial charge >= 0.3 is 0 Å². The lowest BCUT2D eigenvalue weighted by atomic mass is 10.0. The maximum absolute atomic E-state index is 13.4. The third-order valence-corrected chi connectivity index (χ3v) is 3.87. The molecule has 0 bridgehead atoms. The highest BCUT2D eigenvalue weighted by atomic mass is 35.5. The third kappa shape index (κ3) is 2.19. The maximum Gasteiger partial charge on any atom is 0.178 e. The topological polar surface area (TPSA) is 20.7 Å². The predicted molar refractivity (Wildman–Crippen MR) is 76.3 cm³/mol. The quantitative estimate of drug-likeness (QED) is 0.779. The fraction of sp³-hybridized carbons (Fsp3) is 0.462. The smallest absolute Gasteiger partial charge is 0.178 e. The Bertz CT molecular complexity index is 630. The molecule has 1 N–H and O–H groups in total. The van der Waals surface area contributed by atoms with Crippen LogP contribution >= 0.6 is 23.8 Å². The van der Waals surface area contributed by atoms with Gasteiger partial charge in [-0.25, -0.2) is 4.39 Å². The first-order valence-corrected chi connectivity index (χ1v) is 6.83. The molecular formula is C13H16ClFN2S. The first-order chi connectivity index (χ1) is 8.45. The van der Waals surface area contributed by atoms with E-state index in [0.717, 1.165) is 11.9 Å². The molecule has 2 rings (SSSR count). The van der Waals surface area contributed by atoms with Gasteiger partial charge in [-0.1, -0.05) is 32.4 Å². The number of aromatic nitrogens is 2. The van der Waals surface area contributed by atoms with Gasteiger partial charge in [0.25, 0.3) is 0 Å². The van der Waals surface area contributed by atoms with Gasteiger partial charge in [-0.3, -0.25) is 0 Å². The second-order valence-corrected chi connectivity index (χ2v) is 5.60. The summed E-state index contributed by atoms with van der Waals surface area (Å²) in [7, 11) is 0. The van der Waals surface area contributed by atoms with Gasteiger partial charge in [0.15, 0.2) is 4.77 Å². The summed E-state index contributed by atoms with van der Waals surface area (Å²) in [5.74, 6) is 0.0229. The van der Waals surface area contributed by atoms with Gasteiger partial charge in [0.1, 0.15) is 5.82 Å². The number of fused-ring (bicyclic) bond motifs is 1. The molecule has 1 heterocycles. The summed E-state index contributed by atoms with van der Waals surface area (Å²) in [6.07, 6.45) is 0.966. The molecule has 18 heavy (non-hydrogen) atoms. The van der Waals surface area contributed by atoms with E-state index in [9.17, 15) is 4.39 Å². The summed E-state index contributed by atoms with van der Waals surface area (Å²) in [5, 5.41) is 0.129. The van der Waals surface area contributed by atoms with Crippen LogP contribution < -0.4 is 0 Å². The number of hydrogen-bond acceptors (Lipinski definition) is 1. The van der Waals surface area contributed by atoms with E-state index >= 15 is 0 Å². The lowest BCUT2D eigenvalue weighted by Gasteiger charge is -2.21. The molecule has 2 nitrogen and oxygen atoms in total. The Hall–Kier alpha value is -0.870. The fourth-order valence-corrected chi connectivity index (χ4v) is 2.90. The van der Waals surface area contributed by atoms with Crippen LogP contribution in [0.5, 0.6) is 0 Å². The van der Waals surface area contributed by atoms with Crippen LogP contribution in [0.15, 0.2) is 12.1 Å². The summed E-state index contributed by atoms with van der Waals surface area (Å²) < 4.78 is 16.1. The van der Waals surface area contributed by atoms with Crippen LogP contribution in [0.25, 0.3) is 11.0 Å². The first-order valence-electron chi connectivity index (χ1n) is 6.05. The Kier molecular flexibility index (Phi) is 3.78. The van der Waals surface area contributed by atoms with E-state index in [-0.39, 0.29) is 11.1 Å². The van der Waals surface area contributed by atoms with E-state index in [2.05, 4.69) is 25.8 Å². The second kappa shape index (κ2) is 5.02. The van der Waals surface area contributed by atoms with E-state index in [1.54, 1.807) is 6.07 Å². The van der Waals surface area contributed by atoms with Crippen molar-refractivity contribution in [3.8, 4) is 0 Å². The molecule has 1 atom stereocenters. The molecule has 2 aromatic rings. The van der Waals surface area contributed by atoms with Gasteiger partial charge in [-0.2, -0.15) is 0 Å². The van der Waals surface area contributed by atoms with Crippen molar-refractivity contribution in [2.75, 3.05) is 0 Å². The van der Waals surface area contributed by atoms with Crippen molar-refractivity contribution in [3.63, 3.8) is 0 Å². The molecule has 1 unspecified atom stereocenters. The van der Waals surface area contributed by atoms with Crippen molar-refractivity contribution in [2.45, 2.75) is 33.2 Å². The highest BCUT2D eigenvalue weighted by Crippen LogP contribution is 2.29. The number of benzene rings is 1. The second-order valence-electron chi connectivity index (χ2n) is 4.80. The molecule has 0 radical (unpaired) electrons. The average Bonchev–Trinajstić information content (AvgIpc) is 2.57. The zero-order valence-corrected chi connectivity index (χ0v) is 12.2. The summed E-state index contributed by atoms with van der Waals surface area (Å²) in [6.45, 7) is 6.43. The standard InChI is InChI=1S/C13H16ClFN2S/c1-4-11(7(2)3)17-12-5-8(14)9(15)6-10(12)16-13(17)18/h5-7,11H,4H2,1-3H3,(H,16,18). The fourth-order valence-electron chi connectivity index (χ4n) is 2.40. The molecule has 1 aromatic carbocycles. The van der Waals surface area contributed by atoms with Gasteiger partial charge in [0, 0.05) is 12.1 Å². The van der Waals surface area contributed by atoms with Crippen LogP contribution in [0, 0.1) is 16.5 Å². The zero-order chi connectivity index (χ0) is 13.4. The van der Waals surface area contributed by atoms with E-state index in [1.165, 1.54) is 6.07 Å². The highest BCUT2D eigenvalue weighted by molar-refractivity contribution is 7.71. The molecule has 0 spiro atoms. The van der Waals surface area contributed by atoms with Gasteiger partial charge in [-0.05, 0) is 30.6 Å². The van der Waals surface area contributed by atoms with Crippen molar-refractivity contribution in [1.29, 1.82) is 0 Å². The van der Waals surface area contributed by atoms with Crippen LogP contribution in [-0.4, -0.2) is 9.55 Å². The molecule has 0 aliphatic heterocycles. The molecular weight excluding hydrogens is 271 g/mol. The number of halogens is 2. The van der Waals surface area contributed by atoms with E-state index in [4.69, 9.17) is 23.8 Å². The van der Waals surface area contributed by atoms with Gasteiger partial charge < -0.3 is 9.55 Å². The van der Waals surface area contributed by atoms with Gasteiger partial charge in [-0.15, -0.1) is 0 Å². The number of rotatable bonds is 3. The first kappa shape index (κ1) is 13.6. The minimum absolute atomic E-state index is 0.129. The SMILES string of the molecule is CCC(C(C)C)n1c(=S)[nH]c2cc(F)c(Cl)cc21. The number of hydrogen-bond donors (Lipinski definition) is 1. The van der Waals surface area contributed by atoms with E-state index in [0.29, 0.717) is 16.2 Å². The summed E-state index contributed by atoms with van der Waals surface area (Å²) in [5.41, 5.74) is 1.56. The Morgan fingerprint density at radius 1 is 1.44 bits per heavy atom. The van der Waals surface area contributed by atoms with Gasteiger partial charge in [0.05, 0.1) is 16.1 Å². The largest absolute Gasteiger partial charge is 0.330 e. The molecule has 98 valence electrons. The van der Waals surface area contributed by atoms with E-state index < -0.39 is 5.82 Å². The van der Waals surface area contributed by atoms with Crippen LogP contribution in [0.1, 0.15) is 33.2 Å². The highest BCUT2D eigenvalue weighted by Gasteiger charge is 2.18. The zero-order valence-electron chi connectivity index (χ0n) is 10.6. The Morgan fingerprint density at radius 2 is 2.11 bits per heavy atom. The number of nitrogens with one attached hydrogen (secondary N) is 1. The molecule has 0 aliphatic carbocycles. The molecule has 0 saturated carbocycles. The number of nitrogens with zero attached hydrogens (tertiary/aromatic N) is 1. The van der Waals surface area contributed by atoms with Crippen molar-refractivity contribution in [3.05, 3.63) is 27.7 Å². The van der Waals surface area contributed by atoms with Crippen molar-refractivity contribution >= 4 is 34.9 Å². The monoisotopic (exact) mass is 286 g/mol. The average molecular weight is 287 g/mol. The van der Waals surface area contributed by atoms with Crippen LogP contribution in [0.2, 0.25) is 5.02 Å². The van der Waals surface area contributed by atoms with Crippen LogP contribution in [0.3, 0.4) is 0 Å². The summed E-state index contributed by atoms with van der Waals surface area (Å²) >= 11 is 11.2. The van der Waals surface area contributed by atoms with Crippen LogP contribution in [0.4, 0.5) is 4.39 Å². The third-order valence-electron chi connectivity index (χ3n) is 3.28. The summed E-state index contributed by atoms with van der Waals surface area (Å²) in [6, 6.07) is 3.33. The predicted octanol–water partition coefficient (Wildman–Crippen LogP) is 5.10. The molecule has 0 saturated heterocycles.